The van der Waals surface area contributed by atoms with Crippen LogP contribution in [0.4, 0.5) is 19.0 Å². The lowest BCUT2D eigenvalue weighted by molar-refractivity contribution is -0.137. The monoisotopic (exact) mass is 568 g/mol. The number of ether oxygens (including phenoxy) is 1. The minimum atomic E-state index is -4.74. The highest BCUT2D eigenvalue weighted by molar-refractivity contribution is 7.92. The molecule has 200 valence electrons. The van der Waals surface area contributed by atoms with E-state index in [0.29, 0.717) is 36.4 Å². The van der Waals surface area contributed by atoms with Crippen LogP contribution in [0.1, 0.15) is 21.5 Å². The lowest BCUT2D eigenvalue weighted by Crippen LogP contribution is -2.32. The van der Waals surface area contributed by atoms with Crippen molar-refractivity contribution in [3.63, 3.8) is 0 Å². The summed E-state index contributed by atoms with van der Waals surface area (Å²) in [4.78, 5) is 14.6. The molecule has 0 atom stereocenters. The van der Waals surface area contributed by atoms with E-state index >= 15 is 0 Å². The number of pyridine rings is 1. The zero-order valence-corrected chi connectivity index (χ0v) is 21.3. The Kier molecular flexibility index (Phi) is 7.63. The van der Waals surface area contributed by atoms with Gasteiger partial charge < -0.3 is 9.84 Å². The topological polar surface area (TPSA) is 115 Å². The first-order chi connectivity index (χ1) is 17.9. The van der Waals surface area contributed by atoms with E-state index in [4.69, 9.17) is 21.4 Å². The molecule has 0 saturated carbocycles. The highest BCUT2D eigenvalue weighted by Crippen LogP contribution is 2.36. The second kappa shape index (κ2) is 10.6. The van der Waals surface area contributed by atoms with Gasteiger partial charge in [-0.25, -0.2) is 22.5 Å². The molecule has 2 heterocycles. The number of carboxylic acid groups (broad SMARTS) is 1. The van der Waals surface area contributed by atoms with E-state index < -0.39 is 38.6 Å². The third-order valence-corrected chi connectivity index (χ3v) is 7.64. The Morgan fingerprint density at radius 1 is 1.13 bits per heavy atom. The van der Waals surface area contributed by atoms with Gasteiger partial charge in [0.25, 0.3) is 10.0 Å². The van der Waals surface area contributed by atoms with Crippen LogP contribution in [0.3, 0.4) is 0 Å². The maximum Gasteiger partial charge on any atom is 0.417 e. The number of fused-ring (bicyclic) bond motifs is 1. The lowest BCUT2D eigenvalue weighted by atomic mass is 10.1. The smallest absolute Gasteiger partial charge is 0.417 e. The van der Waals surface area contributed by atoms with Crippen LogP contribution in [0.5, 0.6) is 0 Å². The number of rotatable bonds is 9. The third kappa shape index (κ3) is 5.59. The predicted molar refractivity (Wildman–Crippen MR) is 133 cm³/mol. The molecule has 14 heteroatoms. The number of hydrogen-bond donors (Lipinski definition) is 1. The number of carbonyl (C=O) groups is 1. The maximum absolute atomic E-state index is 13.7. The molecule has 0 spiro atoms. The van der Waals surface area contributed by atoms with Crippen molar-refractivity contribution >= 4 is 44.3 Å². The summed E-state index contributed by atoms with van der Waals surface area (Å²) in [6.45, 7) is 0.598. The van der Waals surface area contributed by atoms with E-state index in [9.17, 15) is 26.4 Å². The number of carboxylic acids is 1. The number of methoxy groups -OCH3 is 1. The van der Waals surface area contributed by atoms with Gasteiger partial charge in [-0.15, -0.1) is 0 Å². The largest absolute Gasteiger partial charge is 0.478 e. The zero-order chi connectivity index (χ0) is 27.7. The van der Waals surface area contributed by atoms with Gasteiger partial charge in [-0.2, -0.15) is 18.3 Å². The van der Waals surface area contributed by atoms with Crippen molar-refractivity contribution in [3.8, 4) is 0 Å². The molecule has 0 amide bonds. The molecule has 4 rings (SSSR count). The molecule has 0 saturated heterocycles. The van der Waals surface area contributed by atoms with Crippen molar-refractivity contribution in [3.05, 3.63) is 82.6 Å². The molecule has 0 unspecified atom stereocenters. The Hall–Kier alpha value is -3.68. The molecule has 2 aromatic heterocycles. The second-order valence-corrected chi connectivity index (χ2v) is 10.4. The van der Waals surface area contributed by atoms with E-state index in [1.54, 1.807) is 36.2 Å². The fourth-order valence-electron chi connectivity index (χ4n) is 3.70. The first-order valence-electron chi connectivity index (χ1n) is 10.9. The summed E-state index contributed by atoms with van der Waals surface area (Å²) >= 11 is 6.13. The van der Waals surface area contributed by atoms with E-state index in [0.717, 1.165) is 34.1 Å². The molecule has 0 radical (unpaired) electrons. The van der Waals surface area contributed by atoms with Gasteiger partial charge in [0.2, 0.25) is 0 Å². The fraction of sp³-hybridized carbons (Fsp3) is 0.208. The Bertz CT molecular complexity index is 1590. The highest BCUT2D eigenvalue weighted by atomic mass is 35.5. The van der Waals surface area contributed by atoms with Crippen LogP contribution in [-0.4, -0.2) is 48.0 Å². The molecular formula is C24H20ClF3N4O5S. The number of anilines is 1. The van der Waals surface area contributed by atoms with Gasteiger partial charge in [0, 0.05) is 18.7 Å². The van der Waals surface area contributed by atoms with Crippen LogP contribution in [0, 0.1) is 0 Å². The van der Waals surface area contributed by atoms with Crippen molar-refractivity contribution in [2.24, 2.45) is 0 Å². The van der Waals surface area contributed by atoms with Gasteiger partial charge in [-0.3, -0.25) is 4.68 Å². The Morgan fingerprint density at radius 2 is 1.84 bits per heavy atom. The SMILES string of the molecule is COCCn1ncc2cc(CN(c3ncc(C(F)(F)F)cc3Cl)S(=O)(=O)c3ccc(C(=O)O)cc3)ccc21. The summed E-state index contributed by atoms with van der Waals surface area (Å²) in [5.41, 5.74) is -0.0288. The zero-order valence-electron chi connectivity index (χ0n) is 19.7. The summed E-state index contributed by atoms with van der Waals surface area (Å²) in [6.07, 6.45) is -2.64. The number of benzene rings is 2. The second-order valence-electron chi connectivity index (χ2n) is 8.12. The van der Waals surface area contributed by atoms with Gasteiger partial charge in [-0.1, -0.05) is 17.7 Å². The van der Waals surface area contributed by atoms with Crippen molar-refractivity contribution < 1.29 is 36.2 Å². The number of alkyl halides is 3. The molecule has 0 aliphatic carbocycles. The van der Waals surface area contributed by atoms with Crippen LogP contribution < -0.4 is 4.31 Å². The number of nitrogens with zero attached hydrogens (tertiary/aromatic N) is 4. The van der Waals surface area contributed by atoms with Crippen LogP contribution in [0.2, 0.25) is 5.02 Å². The number of hydrogen-bond acceptors (Lipinski definition) is 6. The molecular weight excluding hydrogens is 549 g/mol. The summed E-state index contributed by atoms with van der Waals surface area (Å²) in [7, 11) is -2.89. The number of aromatic nitrogens is 3. The Balaban J connectivity index is 1.78. The molecule has 38 heavy (non-hydrogen) atoms. The van der Waals surface area contributed by atoms with Gasteiger partial charge in [0.1, 0.15) is 0 Å². The van der Waals surface area contributed by atoms with Crippen LogP contribution in [-0.2, 0) is 34.0 Å². The fourth-order valence-corrected chi connectivity index (χ4v) is 5.44. The van der Waals surface area contributed by atoms with E-state index in [2.05, 4.69) is 10.1 Å². The molecule has 0 aliphatic heterocycles. The first-order valence-corrected chi connectivity index (χ1v) is 12.8. The normalized spacial score (nSPS) is 12.1. The summed E-state index contributed by atoms with van der Waals surface area (Å²) in [5, 5.41) is 13.6. The molecule has 0 aliphatic rings. The average Bonchev–Trinajstić information content (AvgIpc) is 3.27. The van der Waals surface area contributed by atoms with Crippen molar-refractivity contribution in [2.75, 3.05) is 18.0 Å². The predicted octanol–water partition coefficient (Wildman–Crippen LogP) is 4.84. The number of aromatic carboxylic acids is 1. The van der Waals surface area contributed by atoms with E-state index in [-0.39, 0.29) is 17.0 Å². The minimum absolute atomic E-state index is 0.142. The molecule has 0 bridgehead atoms. The lowest BCUT2D eigenvalue weighted by Gasteiger charge is -2.25. The van der Waals surface area contributed by atoms with Gasteiger partial charge >= 0.3 is 12.1 Å². The first kappa shape index (κ1) is 27.4. The minimum Gasteiger partial charge on any atom is -0.478 e. The van der Waals surface area contributed by atoms with Crippen molar-refractivity contribution in [1.29, 1.82) is 0 Å². The maximum atomic E-state index is 13.7. The van der Waals surface area contributed by atoms with Gasteiger partial charge in [0.05, 0.1) is 52.5 Å². The van der Waals surface area contributed by atoms with Crippen molar-refractivity contribution in [2.45, 2.75) is 24.2 Å². The number of halogens is 4. The van der Waals surface area contributed by atoms with Crippen LogP contribution >= 0.6 is 11.6 Å². The van der Waals surface area contributed by atoms with Gasteiger partial charge in [0.15, 0.2) is 5.82 Å². The van der Waals surface area contributed by atoms with Crippen LogP contribution in [0.25, 0.3) is 10.9 Å². The quantitative estimate of drug-likeness (QED) is 0.307. The Morgan fingerprint density at radius 3 is 2.45 bits per heavy atom. The average molecular weight is 569 g/mol. The Labute approximate surface area is 220 Å². The molecule has 4 aromatic rings. The molecule has 1 N–H and O–H groups in total. The van der Waals surface area contributed by atoms with E-state index in [1.165, 1.54) is 0 Å². The molecule has 2 aromatic carbocycles. The summed E-state index contributed by atoms with van der Waals surface area (Å²) in [6, 6.07) is 10.1. The van der Waals surface area contributed by atoms with E-state index in [1.807, 2.05) is 0 Å². The van der Waals surface area contributed by atoms with Crippen molar-refractivity contribution in [1.82, 2.24) is 14.8 Å². The standard InChI is InChI=1S/C24H20ClF3N4O5S/c1-37-9-8-31-21-7-2-15(10-17(21)12-30-31)14-32(22-20(25)11-18(13-29-22)24(26,27)28)38(35,36)19-5-3-16(4-6-19)23(33)34/h2-7,10-13H,8-9,14H2,1H3,(H,33,34). The summed E-state index contributed by atoms with van der Waals surface area (Å²) in [5.74, 6) is -1.67. The highest BCUT2D eigenvalue weighted by Gasteiger charge is 2.34. The molecule has 0 fully saturated rings. The molecule has 9 nitrogen and oxygen atoms in total. The third-order valence-electron chi connectivity index (χ3n) is 5.61. The summed E-state index contributed by atoms with van der Waals surface area (Å²) < 4.78 is 74.5. The number of sulfonamides is 1. The van der Waals surface area contributed by atoms with Gasteiger partial charge in [-0.05, 0) is 48.0 Å². The van der Waals surface area contributed by atoms with Crippen LogP contribution in [0.15, 0.2) is 65.8 Å².